The highest BCUT2D eigenvalue weighted by Crippen LogP contribution is 2.28. The molecule has 0 radical (unpaired) electrons. The summed E-state index contributed by atoms with van der Waals surface area (Å²) in [7, 11) is 7.36. The monoisotopic (exact) mass is 864 g/mol. The molecule has 11 nitrogen and oxygen atoms in total. The third-order valence-electron chi connectivity index (χ3n) is 7.90. The van der Waals surface area contributed by atoms with E-state index in [-0.39, 0.29) is 38.8 Å². The molecule has 0 aromatic carbocycles. The Balaban J connectivity index is 0.000000385. The molecule has 0 saturated carbocycles. The quantitative estimate of drug-likeness (QED) is 0.0432. The molecule has 0 spiro atoms. The van der Waals surface area contributed by atoms with E-state index in [4.69, 9.17) is 14.4 Å². The Morgan fingerprint density at radius 1 is 0.685 bits per heavy atom. The Morgan fingerprint density at radius 3 is 1.76 bits per heavy atom. The van der Waals surface area contributed by atoms with E-state index in [1.807, 2.05) is 0 Å². The summed E-state index contributed by atoms with van der Waals surface area (Å²) in [6.45, 7) is 7.59. The lowest BCUT2D eigenvalue weighted by atomic mass is 10.0. The number of fused-ring (bicyclic) bond motifs is 1. The molecule has 4 rings (SSSR count). The number of aromatic carboxylic acids is 2. The SMILES string of the molecule is CCCCCCCC(=O)c1ccsc1C(=O)O.CCCCCCN1C(=O)c2ccsc2C1=O.CCCCCCNC(=O)c1sccc1C(=O)O.O=S(Cl)Cl. The van der Waals surface area contributed by atoms with Gasteiger partial charge in [-0.3, -0.25) is 24.1 Å². The van der Waals surface area contributed by atoms with Crippen molar-refractivity contribution >= 4 is 100 Å². The Kier molecular flexibility index (Phi) is 25.9. The van der Waals surface area contributed by atoms with Crippen molar-refractivity contribution in [1.82, 2.24) is 10.2 Å². The van der Waals surface area contributed by atoms with Crippen molar-refractivity contribution < 1.29 is 43.2 Å². The molecule has 54 heavy (non-hydrogen) atoms. The lowest BCUT2D eigenvalue weighted by Crippen LogP contribution is -2.30. The van der Waals surface area contributed by atoms with E-state index in [2.05, 4.69) is 47.5 Å². The minimum atomic E-state index is -1.67. The van der Waals surface area contributed by atoms with E-state index in [0.29, 0.717) is 35.5 Å². The van der Waals surface area contributed by atoms with Crippen LogP contribution >= 0.6 is 55.4 Å². The minimum Gasteiger partial charge on any atom is -0.478 e. The van der Waals surface area contributed by atoms with Gasteiger partial charge in [0.1, 0.15) is 14.6 Å². The Labute approximate surface area is 340 Å². The normalized spacial score (nSPS) is 11.5. The molecule has 1 aliphatic heterocycles. The summed E-state index contributed by atoms with van der Waals surface area (Å²) < 4.78 is 9.09. The van der Waals surface area contributed by atoms with Gasteiger partial charge in [-0.15, -0.1) is 34.0 Å². The number of halogens is 2. The molecule has 3 N–H and O–H groups in total. The second kappa shape index (κ2) is 28.5. The molecule has 4 heterocycles. The maximum Gasteiger partial charge on any atom is 0.346 e. The average molecular weight is 866 g/mol. The van der Waals surface area contributed by atoms with Gasteiger partial charge in [-0.1, -0.05) is 85.0 Å². The van der Waals surface area contributed by atoms with E-state index in [0.717, 1.165) is 93.3 Å². The zero-order chi connectivity index (χ0) is 40.5. The molecule has 3 amide bonds. The zero-order valence-electron chi connectivity index (χ0n) is 30.9. The summed E-state index contributed by atoms with van der Waals surface area (Å²) in [5.41, 5.74) is 1.05. The fourth-order valence-electron chi connectivity index (χ4n) is 5.11. The number of hydrogen-bond donors (Lipinski definition) is 3. The zero-order valence-corrected chi connectivity index (χ0v) is 35.6. The molecule has 3 aromatic rings. The van der Waals surface area contributed by atoms with Gasteiger partial charge < -0.3 is 15.5 Å². The van der Waals surface area contributed by atoms with E-state index in [9.17, 15) is 28.8 Å². The maximum atomic E-state index is 11.8. The number of carbonyl (C=O) groups excluding carboxylic acids is 4. The number of carboxylic acids is 2. The van der Waals surface area contributed by atoms with Crippen LogP contribution in [0.3, 0.4) is 0 Å². The molecule has 3 aromatic heterocycles. The molecular weight excluding hydrogens is 816 g/mol. The lowest BCUT2D eigenvalue weighted by Gasteiger charge is -2.13. The van der Waals surface area contributed by atoms with Crippen LogP contribution in [-0.2, 0) is 9.23 Å². The third-order valence-corrected chi connectivity index (χ3v) is 10.6. The summed E-state index contributed by atoms with van der Waals surface area (Å²) in [6, 6.07) is 4.81. The number of unbranched alkanes of at least 4 members (excludes halogenated alkanes) is 10. The van der Waals surface area contributed by atoms with E-state index in [1.54, 1.807) is 28.3 Å². The van der Waals surface area contributed by atoms with Gasteiger partial charge in [0.15, 0.2) is 5.78 Å². The van der Waals surface area contributed by atoms with Crippen LogP contribution in [0.25, 0.3) is 0 Å². The molecular formula is C37H50Cl2N2O9S4. The maximum absolute atomic E-state index is 11.8. The second-order valence-corrected chi connectivity index (χ2v) is 17.3. The molecule has 0 fully saturated rings. The number of carbonyl (C=O) groups is 6. The first kappa shape index (κ1) is 49.1. The summed E-state index contributed by atoms with van der Waals surface area (Å²) in [5.74, 6) is -2.60. The first-order valence-electron chi connectivity index (χ1n) is 17.9. The highest BCUT2D eigenvalue weighted by molar-refractivity contribution is 8.26. The van der Waals surface area contributed by atoms with E-state index < -0.39 is 21.2 Å². The average Bonchev–Trinajstić information content (AvgIpc) is 3.95. The molecule has 0 bridgehead atoms. The summed E-state index contributed by atoms with van der Waals surface area (Å²) in [6.07, 6.45) is 14.6. The van der Waals surface area contributed by atoms with Crippen LogP contribution in [-0.4, -0.2) is 67.9 Å². The van der Waals surface area contributed by atoms with Crippen LogP contribution in [0.5, 0.6) is 0 Å². The smallest absolute Gasteiger partial charge is 0.346 e. The predicted octanol–water partition coefficient (Wildman–Crippen LogP) is 10.7. The van der Waals surface area contributed by atoms with Gasteiger partial charge in [0.05, 0.1) is 11.1 Å². The number of rotatable bonds is 20. The van der Waals surface area contributed by atoms with Crippen molar-refractivity contribution in [3.63, 3.8) is 0 Å². The Morgan fingerprint density at radius 2 is 1.20 bits per heavy atom. The number of thiophene rings is 3. The highest BCUT2D eigenvalue weighted by atomic mass is 36.0. The first-order valence-corrected chi connectivity index (χ1v) is 23.4. The number of ketones is 1. The van der Waals surface area contributed by atoms with Gasteiger partial charge in [-0.05, 0) is 53.6 Å². The molecule has 300 valence electrons. The lowest BCUT2D eigenvalue weighted by molar-refractivity contribution is 0.0647. The number of nitrogens with one attached hydrogen (secondary N) is 1. The summed E-state index contributed by atoms with van der Waals surface area (Å²) >= 11 is 3.63. The van der Waals surface area contributed by atoms with Crippen LogP contribution in [0.2, 0.25) is 0 Å². The van der Waals surface area contributed by atoms with Gasteiger partial charge in [-0.2, -0.15) is 0 Å². The fraction of sp³-hybridized carbons (Fsp3) is 0.514. The Hall–Kier alpha value is -2.95. The minimum absolute atomic E-state index is 0.0415. The van der Waals surface area contributed by atoms with Crippen LogP contribution in [0, 0.1) is 0 Å². The molecule has 0 atom stereocenters. The number of imide groups is 1. The molecule has 0 unspecified atom stereocenters. The largest absolute Gasteiger partial charge is 0.478 e. The van der Waals surface area contributed by atoms with Crippen LogP contribution in [0.1, 0.15) is 171 Å². The van der Waals surface area contributed by atoms with Crippen molar-refractivity contribution in [2.24, 2.45) is 0 Å². The van der Waals surface area contributed by atoms with Crippen molar-refractivity contribution in [3.8, 4) is 0 Å². The number of Topliss-reactive ketones (excluding diaryl/α,β-unsaturated/α-hetero) is 1. The third kappa shape index (κ3) is 18.1. The second-order valence-electron chi connectivity index (χ2n) is 12.0. The van der Waals surface area contributed by atoms with Gasteiger partial charge in [0.2, 0.25) is 9.23 Å². The topological polar surface area (TPSA) is 175 Å². The molecule has 0 aliphatic carbocycles. The fourth-order valence-corrected chi connectivity index (χ4v) is 7.49. The van der Waals surface area contributed by atoms with Crippen molar-refractivity contribution in [2.75, 3.05) is 13.1 Å². The van der Waals surface area contributed by atoms with E-state index >= 15 is 0 Å². The van der Waals surface area contributed by atoms with Crippen molar-refractivity contribution in [3.05, 3.63) is 65.7 Å². The van der Waals surface area contributed by atoms with Gasteiger partial charge in [-0.25, -0.2) is 13.8 Å². The van der Waals surface area contributed by atoms with Crippen LogP contribution in [0.4, 0.5) is 0 Å². The van der Waals surface area contributed by atoms with Crippen LogP contribution < -0.4 is 5.32 Å². The molecule has 0 saturated heterocycles. The molecule has 17 heteroatoms. The summed E-state index contributed by atoms with van der Waals surface area (Å²) in [5, 5.41) is 25.6. The van der Waals surface area contributed by atoms with Crippen molar-refractivity contribution in [1.29, 1.82) is 0 Å². The molecule has 1 aliphatic rings. The predicted molar refractivity (Wildman–Crippen MR) is 220 cm³/mol. The van der Waals surface area contributed by atoms with Crippen LogP contribution in [0.15, 0.2) is 34.3 Å². The standard InChI is InChI=1S/C13H18O3S.C12H17NO3S.C12H15NO2S.Cl2OS/c1-2-3-4-5-6-7-11(14)10-8-9-17-12(10)13(15)16;1-2-3-4-5-7-13-11(14)10-9(12(15)16)6-8-17-10;1-2-3-4-5-7-13-11(14)9-6-8-16-10(9)12(13)15;1-4(2)3/h8-9H,2-7H2,1H3,(H,15,16);6,8H,2-5,7H2,1H3,(H,13,14)(H,15,16);6,8H,2-5,7H2,1H3;. The number of nitrogens with zero attached hydrogens (tertiary/aromatic N) is 1. The Bertz CT molecular complexity index is 1550. The highest BCUT2D eigenvalue weighted by Gasteiger charge is 2.36. The number of carboxylic acid groups (broad SMARTS) is 2. The van der Waals surface area contributed by atoms with Gasteiger partial charge >= 0.3 is 11.9 Å². The van der Waals surface area contributed by atoms with Gasteiger partial charge in [0.25, 0.3) is 17.7 Å². The van der Waals surface area contributed by atoms with Crippen molar-refractivity contribution in [2.45, 2.75) is 111 Å². The van der Waals surface area contributed by atoms with E-state index in [1.165, 1.54) is 35.1 Å². The first-order chi connectivity index (χ1) is 25.8. The number of amides is 3. The summed E-state index contributed by atoms with van der Waals surface area (Å²) in [4.78, 5) is 71.3. The van der Waals surface area contributed by atoms with Gasteiger partial charge in [0, 0.05) is 46.4 Å². The number of hydrogen-bond acceptors (Lipinski definition) is 10.